The minimum atomic E-state index is -0.500. The number of ether oxygens (including phenoxy) is 1. The lowest BCUT2D eigenvalue weighted by molar-refractivity contribution is 0.0521. The Morgan fingerprint density at radius 1 is 1.45 bits per heavy atom. The average molecular weight is 287 g/mol. The van der Waals surface area contributed by atoms with Crippen molar-refractivity contribution in [1.82, 2.24) is 9.55 Å². The third-order valence-corrected chi connectivity index (χ3v) is 3.89. The largest absolute Gasteiger partial charge is 0.461 e. The second kappa shape index (κ2) is 4.97. The minimum Gasteiger partial charge on any atom is -0.461 e. The van der Waals surface area contributed by atoms with Gasteiger partial charge in [0.2, 0.25) is 0 Å². The number of hydrogen-bond donors (Lipinski definition) is 1. The molecule has 0 aliphatic carbocycles. The lowest BCUT2D eigenvalue weighted by Crippen LogP contribution is -2.09. The number of nitrogens with two attached hydrogens (primary N) is 1. The van der Waals surface area contributed by atoms with E-state index in [1.165, 1.54) is 11.0 Å². The smallest absolute Gasteiger partial charge is 0.360 e. The third-order valence-electron chi connectivity index (χ3n) is 2.99. The molecule has 1 aromatic carbocycles. The molecule has 0 aliphatic rings. The van der Waals surface area contributed by atoms with Crippen LogP contribution in [-0.4, -0.2) is 22.1 Å². The number of imidazole rings is 1. The van der Waals surface area contributed by atoms with Gasteiger partial charge in [-0.2, -0.15) is 0 Å². The second-order valence-corrected chi connectivity index (χ2v) is 5.16. The first-order valence-corrected chi connectivity index (χ1v) is 7.06. The summed E-state index contributed by atoms with van der Waals surface area (Å²) in [6.07, 6.45) is 1.54. The van der Waals surface area contributed by atoms with E-state index in [1.807, 2.05) is 29.6 Å². The standard InChI is InChI=1S/C14H13N3O2S/c1-2-19-14(18)12-13(15)17(8-16-12)10-3-4-11-9(7-10)5-6-20-11/h3-8H,2,15H2,1H3. The van der Waals surface area contributed by atoms with Gasteiger partial charge in [-0.15, -0.1) is 11.3 Å². The maximum atomic E-state index is 11.7. The van der Waals surface area contributed by atoms with E-state index in [2.05, 4.69) is 4.98 Å². The van der Waals surface area contributed by atoms with Crippen molar-refractivity contribution in [3.05, 3.63) is 41.7 Å². The van der Waals surface area contributed by atoms with Crippen molar-refractivity contribution < 1.29 is 9.53 Å². The summed E-state index contributed by atoms with van der Waals surface area (Å²) in [5.74, 6) is -0.210. The van der Waals surface area contributed by atoms with E-state index in [9.17, 15) is 4.79 Å². The van der Waals surface area contributed by atoms with Gasteiger partial charge in [-0.1, -0.05) is 0 Å². The van der Waals surface area contributed by atoms with Crippen LogP contribution in [0.4, 0.5) is 5.82 Å². The van der Waals surface area contributed by atoms with E-state index in [1.54, 1.807) is 22.8 Å². The van der Waals surface area contributed by atoms with Crippen LogP contribution in [0.1, 0.15) is 17.4 Å². The summed E-state index contributed by atoms with van der Waals surface area (Å²) in [5, 5.41) is 3.17. The third kappa shape index (κ3) is 2.04. The van der Waals surface area contributed by atoms with Crippen LogP contribution in [0.3, 0.4) is 0 Å². The Hall–Kier alpha value is -2.34. The molecule has 0 saturated carbocycles. The number of carbonyl (C=O) groups excluding carboxylic acids is 1. The van der Waals surface area contributed by atoms with Gasteiger partial charge in [-0.25, -0.2) is 9.78 Å². The Morgan fingerprint density at radius 3 is 3.10 bits per heavy atom. The van der Waals surface area contributed by atoms with Crippen molar-refractivity contribution >= 4 is 33.2 Å². The van der Waals surface area contributed by atoms with Crippen molar-refractivity contribution in [2.45, 2.75) is 6.92 Å². The first kappa shape index (κ1) is 12.7. The monoisotopic (exact) mass is 287 g/mol. The van der Waals surface area contributed by atoms with E-state index in [4.69, 9.17) is 10.5 Å². The molecule has 5 nitrogen and oxygen atoms in total. The van der Waals surface area contributed by atoms with Crippen LogP contribution in [0.2, 0.25) is 0 Å². The maximum absolute atomic E-state index is 11.7. The Morgan fingerprint density at radius 2 is 2.30 bits per heavy atom. The fraction of sp³-hybridized carbons (Fsp3) is 0.143. The number of aromatic nitrogens is 2. The summed E-state index contributed by atoms with van der Waals surface area (Å²) in [4.78, 5) is 15.7. The Balaban J connectivity index is 2.03. The summed E-state index contributed by atoms with van der Waals surface area (Å²) >= 11 is 1.68. The molecule has 0 fully saturated rings. The van der Waals surface area contributed by atoms with Gasteiger partial charge in [0, 0.05) is 10.4 Å². The molecule has 0 unspecified atom stereocenters. The molecule has 0 spiro atoms. The van der Waals surface area contributed by atoms with Crippen LogP contribution in [0.5, 0.6) is 0 Å². The molecule has 3 rings (SSSR count). The molecule has 0 radical (unpaired) electrons. The van der Waals surface area contributed by atoms with Gasteiger partial charge in [0.1, 0.15) is 12.1 Å². The summed E-state index contributed by atoms with van der Waals surface area (Å²) < 4.78 is 7.81. The van der Waals surface area contributed by atoms with Crippen molar-refractivity contribution in [3.8, 4) is 5.69 Å². The molecule has 20 heavy (non-hydrogen) atoms. The highest BCUT2D eigenvalue weighted by Gasteiger charge is 2.17. The van der Waals surface area contributed by atoms with Gasteiger partial charge in [0.25, 0.3) is 0 Å². The summed E-state index contributed by atoms with van der Waals surface area (Å²) in [7, 11) is 0. The fourth-order valence-corrected chi connectivity index (χ4v) is 2.80. The van der Waals surface area contributed by atoms with Gasteiger partial charge < -0.3 is 10.5 Å². The van der Waals surface area contributed by atoms with Gasteiger partial charge >= 0.3 is 5.97 Å². The fourth-order valence-electron chi connectivity index (χ4n) is 2.02. The number of anilines is 1. The topological polar surface area (TPSA) is 70.1 Å². The molecule has 0 saturated heterocycles. The van der Waals surface area contributed by atoms with E-state index < -0.39 is 5.97 Å². The number of nitrogens with zero attached hydrogens (tertiary/aromatic N) is 2. The van der Waals surface area contributed by atoms with Crippen LogP contribution >= 0.6 is 11.3 Å². The lowest BCUT2D eigenvalue weighted by atomic mass is 10.2. The highest BCUT2D eigenvalue weighted by atomic mass is 32.1. The number of thiophene rings is 1. The van der Waals surface area contributed by atoms with Gasteiger partial charge in [-0.3, -0.25) is 4.57 Å². The molecular weight excluding hydrogens is 274 g/mol. The number of carbonyl (C=O) groups is 1. The van der Waals surface area contributed by atoms with E-state index in [0.717, 1.165) is 11.1 Å². The summed E-state index contributed by atoms with van der Waals surface area (Å²) in [6, 6.07) is 8.03. The van der Waals surface area contributed by atoms with E-state index in [0.29, 0.717) is 6.61 Å². The molecule has 0 atom stereocenters. The normalized spacial score (nSPS) is 10.8. The van der Waals surface area contributed by atoms with Crippen molar-refractivity contribution in [1.29, 1.82) is 0 Å². The molecular formula is C14H13N3O2S. The highest BCUT2D eigenvalue weighted by molar-refractivity contribution is 7.17. The summed E-state index contributed by atoms with van der Waals surface area (Å²) in [6.45, 7) is 2.04. The lowest BCUT2D eigenvalue weighted by Gasteiger charge is -2.06. The van der Waals surface area contributed by atoms with E-state index >= 15 is 0 Å². The quantitative estimate of drug-likeness (QED) is 0.752. The predicted molar refractivity (Wildman–Crippen MR) is 79.3 cm³/mol. The molecule has 0 aliphatic heterocycles. The molecule has 3 aromatic rings. The molecule has 0 amide bonds. The Bertz CT molecular complexity index is 776. The first-order valence-electron chi connectivity index (χ1n) is 6.18. The SMILES string of the molecule is CCOC(=O)c1ncn(-c2ccc3sccc3c2)c1N. The van der Waals surface area contributed by atoms with Crippen LogP contribution < -0.4 is 5.73 Å². The van der Waals surface area contributed by atoms with Crippen LogP contribution in [-0.2, 0) is 4.74 Å². The average Bonchev–Trinajstić information content (AvgIpc) is 3.04. The Labute approximate surface area is 119 Å². The highest BCUT2D eigenvalue weighted by Crippen LogP contribution is 2.25. The van der Waals surface area contributed by atoms with Crippen molar-refractivity contribution in [2.75, 3.05) is 12.3 Å². The molecule has 2 heterocycles. The molecule has 6 heteroatoms. The zero-order valence-corrected chi connectivity index (χ0v) is 11.7. The minimum absolute atomic E-state index is 0.150. The molecule has 0 bridgehead atoms. The molecule has 2 aromatic heterocycles. The van der Waals surface area contributed by atoms with E-state index in [-0.39, 0.29) is 11.5 Å². The van der Waals surface area contributed by atoms with Crippen LogP contribution in [0, 0.1) is 0 Å². The number of fused-ring (bicyclic) bond motifs is 1. The zero-order chi connectivity index (χ0) is 14.1. The number of esters is 1. The van der Waals surface area contributed by atoms with Crippen LogP contribution in [0.25, 0.3) is 15.8 Å². The van der Waals surface area contributed by atoms with Gasteiger partial charge in [-0.05, 0) is 42.0 Å². The van der Waals surface area contributed by atoms with Gasteiger partial charge in [0.15, 0.2) is 5.69 Å². The molecule has 2 N–H and O–H groups in total. The maximum Gasteiger partial charge on any atom is 0.360 e. The number of benzene rings is 1. The van der Waals surface area contributed by atoms with Crippen molar-refractivity contribution in [2.24, 2.45) is 0 Å². The van der Waals surface area contributed by atoms with Gasteiger partial charge in [0.05, 0.1) is 6.61 Å². The second-order valence-electron chi connectivity index (χ2n) is 4.21. The number of rotatable bonds is 3. The van der Waals surface area contributed by atoms with Crippen LogP contribution in [0.15, 0.2) is 36.0 Å². The predicted octanol–water partition coefficient (Wildman–Crippen LogP) is 2.85. The molecule has 102 valence electrons. The number of hydrogen-bond acceptors (Lipinski definition) is 5. The summed E-state index contributed by atoms with van der Waals surface area (Å²) in [5.41, 5.74) is 7.01. The first-order chi connectivity index (χ1) is 9.70. The Kier molecular flexibility index (Phi) is 3.15. The number of nitrogen functional groups attached to an aromatic ring is 1. The zero-order valence-electron chi connectivity index (χ0n) is 10.9. The van der Waals surface area contributed by atoms with Crippen molar-refractivity contribution in [3.63, 3.8) is 0 Å².